The molecule has 0 aliphatic heterocycles. The van der Waals surface area contributed by atoms with Gasteiger partial charge >= 0.3 is 17.9 Å². The Morgan fingerprint density at radius 1 is 0.323 bits per heavy atom. The van der Waals surface area contributed by atoms with Gasteiger partial charge in [0.05, 0.1) is 0 Å². The van der Waals surface area contributed by atoms with Crippen LogP contribution in [0.1, 0.15) is 201 Å². The average molecular weight is 897 g/mol. The molecule has 0 aliphatic carbocycles. The summed E-state index contributed by atoms with van der Waals surface area (Å²) in [6.45, 7) is 6.26. The Morgan fingerprint density at radius 3 is 1.02 bits per heavy atom. The lowest BCUT2D eigenvalue weighted by molar-refractivity contribution is -0.167. The molecule has 1 atom stereocenters. The molecule has 0 saturated carbocycles. The van der Waals surface area contributed by atoms with Crippen LogP contribution in [-0.4, -0.2) is 37.2 Å². The molecule has 6 heteroatoms. The highest BCUT2D eigenvalue weighted by Gasteiger charge is 2.19. The summed E-state index contributed by atoms with van der Waals surface area (Å²) in [5.41, 5.74) is 0. The summed E-state index contributed by atoms with van der Waals surface area (Å²) in [6.07, 6.45) is 73.0. The SMILES string of the molecule is CC/C=C\C/C=C\C/C=C\C/C=C\C/C=C\CCCC(=O)OC[C@H](COC(=O)CCCCCCC/C=C\CCCCCC)OC(=O)CCC/C=C\C/C=C\C/C=C\C/C=C\C/C=C\CC. The molecule has 65 heavy (non-hydrogen) atoms. The van der Waals surface area contributed by atoms with Crippen molar-refractivity contribution in [1.82, 2.24) is 0 Å². The van der Waals surface area contributed by atoms with Gasteiger partial charge in [0.15, 0.2) is 6.10 Å². The number of unbranched alkanes of at least 4 members (excludes halogenated alkanes) is 11. The van der Waals surface area contributed by atoms with Crippen LogP contribution in [0.2, 0.25) is 0 Å². The number of carbonyl (C=O) groups is 3. The molecule has 0 fully saturated rings. The highest BCUT2D eigenvalue weighted by Crippen LogP contribution is 2.11. The van der Waals surface area contributed by atoms with Gasteiger partial charge in [-0.15, -0.1) is 0 Å². The zero-order valence-corrected chi connectivity index (χ0v) is 41.4. The molecule has 0 radical (unpaired) electrons. The van der Waals surface area contributed by atoms with Crippen LogP contribution in [0.25, 0.3) is 0 Å². The van der Waals surface area contributed by atoms with E-state index >= 15 is 0 Å². The minimum Gasteiger partial charge on any atom is -0.462 e. The second-order valence-corrected chi connectivity index (χ2v) is 16.3. The number of hydrogen-bond acceptors (Lipinski definition) is 6. The fourth-order valence-electron chi connectivity index (χ4n) is 6.33. The summed E-state index contributed by atoms with van der Waals surface area (Å²) in [6, 6.07) is 0. The van der Waals surface area contributed by atoms with Crippen LogP contribution in [0, 0.1) is 0 Å². The molecule has 0 N–H and O–H groups in total. The summed E-state index contributed by atoms with van der Waals surface area (Å²) >= 11 is 0. The number of allylic oxidation sites excluding steroid dienone is 22. The molecule has 0 heterocycles. The third-order valence-electron chi connectivity index (χ3n) is 10.1. The van der Waals surface area contributed by atoms with E-state index in [1.807, 2.05) is 0 Å². The number of esters is 3. The maximum absolute atomic E-state index is 12.8. The quantitative estimate of drug-likeness (QED) is 0.0262. The molecular weight excluding hydrogens is 805 g/mol. The van der Waals surface area contributed by atoms with Gasteiger partial charge in [0.25, 0.3) is 0 Å². The molecule has 0 spiro atoms. The molecule has 0 aromatic carbocycles. The van der Waals surface area contributed by atoms with Crippen molar-refractivity contribution in [3.8, 4) is 0 Å². The Hall–Kier alpha value is -4.45. The molecule has 6 nitrogen and oxygen atoms in total. The normalized spacial score (nSPS) is 13.2. The van der Waals surface area contributed by atoms with Crippen LogP contribution in [0.15, 0.2) is 134 Å². The molecule has 0 rings (SSSR count). The van der Waals surface area contributed by atoms with E-state index in [2.05, 4.69) is 154 Å². The molecule has 0 bridgehead atoms. The van der Waals surface area contributed by atoms with Crippen molar-refractivity contribution in [2.45, 2.75) is 207 Å². The summed E-state index contributed by atoms with van der Waals surface area (Å²) < 4.78 is 16.7. The van der Waals surface area contributed by atoms with Crippen LogP contribution in [0.4, 0.5) is 0 Å². The second-order valence-electron chi connectivity index (χ2n) is 16.3. The smallest absolute Gasteiger partial charge is 0.306 e. The van der Waals surface area contributed by atoms with Crippen molar-refractivity contribution in [2.75, 3.05) is 13.2 Å². The summed E-state index contributed by atoms with van der Waals surface area (Å²) in [5, 5.41) is 0. The van der Waals surface area contributed by atoms with Crippen LogP contribution in [0.5, 0.6) is 0 Å². The summed E-state index contributed by atoms with van der Waals surface area (Å²) in [4.78, 5) is 38.0. The molecule has 0 amide bonds. The van der Waals surface area contributed by atoms with Crippen LogP contribution < -0.4 is 0 Å². The molecule has 0 aromatic heterocycles. The third-order valence-corrected chi connectivity index (χ3v) is 10.1. The van der Waals surface area contributed by atoms with Gasteiger partial charge in [0.1, 0.15) is 13.2 Å². The van der Waals surface area contributed by atoms with Crippen molar-refractivity contribution in [2.24, 2.45) is 0 Å². The predicted molar refractivity (Wildman–Crippen MR) is 279 cm³/mol. The lowest BCUT2D eigenvalue weighted by atomic mass is 10.1. The van der Waals surface area contributed by atoms with E-state index < -0.39 is 6.10 Å². The molecular formula is C59H92O6. The molecule has 0 aromatic rings. The zero-order chi connectivity index (χ0) is 47.2. The van der Waals surface area contributed by atoms with Gasteiger partial charge in [0.2, 0.25) is 0 Å². The maximum Gasteiger partial charge on any atom is 0.306 e. The fourth-order valence-corrected chi connectivity index (χ4v) is 6.33. The largest absolute Gasteiger partial charge is 0.462 e. The van der Waals surface area contributed by atoms with Gasteiger partial charge in [-0.2, -0.15) is 0 Å². The Balaban J connectivity index is 4.61. The standard InChI is InChI=1S/C59H92O6/c1-4-7-10-13-16-19-22-25-27-29-31-34-37-40-43-46-49-52-58(61)64-55-56(54-63-57(60)51-48-45-42-39-36-33-24-21-18-15-12-9-6-3)65-59(62)53-50-47-44-41-38-35-32-30-28-26-23-20-17-14-11-8-5-2/h7-8,10-11,16-17,19-21,24-28,31-32,34-35,40-41,43-44,56H,4-6,9,12-15,18,22-23,29-30,33,36-39,42,45-55H2,1-3H3/b10-7-,11-8-,19-16-,20-17-,24-21-,27-25-,28-26-,34-31-,35-32-,43-40-,44-41-/t56-/m0/s1. The second kappa shape index (κ2) is 52.2. The Bertz CT molecular complexity index is 1450. The van der Waals surface area contributed by atoms with Crippen molar-refractivity contribution >= 4 is 17.9 Å². The third kappa shape index (κ3) is 50.4. The number of rotatable bonds is 44. The number of carbonyl (C=O) groups excluding carboxylic acids is 3. The van der Waals surface area contributed by atoms with Crippen molar-refractivity contribution in [3.05, 3.63) is 134 Å². The highest BCUT2D eigenvalue weighted by molar-refractivity contribution is 5.71. The predicted octanol–water partition coefficient (Wildman–Crippen LogP) is 17.1. The first-order valence-corrected chi connectivity index (χ1v) is 25.7. The van der Waals surface area contributed by atoms with Gasteiger partial charge in [-0.3, -0.25) is 14.4 Å². The van der Waals surface area contributed by atoms with Crippen molar-refractivity contribution in [1.29, 1.82) is 0 Å². The lowest BCUT2D eigenvalue weighted by Gasteiger charge is -2.18. The minimum absolute atomic E-state index is 0.128. The summed E-state index contributed by atoms with van der Waals surface area (Å²) in [7, 11) is 0. The van der Waals surface area contributed by atoms with E-state index in [1.165, 1.54) is 38.5 Å². The number of ether oxygens (including phenoxy) is 3. The van der Waals surface area contributed by atoms with E-state index in [1.54, 1.807) is 0 Å². The summed E-state index contributed by atoms with van der Waals surface area (Å²) in [5.74, 6) is -1.07. The van der Waals surface area contributed by atoms with Gasteiger partial charge in [-0.1, -0.05) is 193 Å². The van der Waals surface area contributed by atoms with Gasteiger partial charge in [-0.25, -0.2) is 0 Å². The van der Waals surface area contributed by atoms with E-state index in [9.17, 15) is 14.4 Å². The lowest BCUT2D eigenvalue weighted by Crippen LogP contribution is -2.30. The van der Waals surface area contributed by atoms with Crippen molar-refractivity contribution in [3.63, 3.8) is 0 Å². The van der Waals surface area contributed by atoms with E-state index in [0.29, 0.717) is 19.3 Å². The van der Waals surface area contributed by atoms with Crippen LogP contribution in [-0.2, 0) is 28.6 Å². The zero-order valence-electron chi connectivity index (χ0n) is 41.4. The molecule has 0 saturated heterocycles. The first kappa shape index (κ1) is 60.5. The van der Waals surface area contributed by atoms with Gasteiger partial charge in [-0.05, 0) is 122 Å². The van der Waals surface area contributed by atoms with E-state index in [-0.39, 0.29) is 44.0 Å². The van der Waals surface area contributed by atoms with Gasteiger partial charge in [0, 0.05) is 19.3 Å². The van der Waals surface area contributed by atoms with Crippen LogP contribution in [0.3, 0.4) is 0 Å². The highest BCUT2D eigenvalue weighted by atomic mass is 16.6. The Kier molecular flexibility index (Phi) is 48.6. The number of hydrogen-bond donors (Lipinski definition) is 0. The monoisotopic (exact) mass is 897 g/mol. The Morgan fingerprint density at radius 2 is 0.615 bits per heavy atom. The molecule has 0 aliphatic rings. The minimum atomic E-state index is -0.838. The van der Waals surface area contributed by atoms with Crippen molar-refractivity contribution < 1.29 is 28.6 Å². The van der Waals surface area contributed by atoms with Crippen LogP contribution >= 0.6 is 0 Å². The van der Waals surface area contributed by atoms with Gasteiger partial charge < -0.3 is 14.2 Å². The first-order valence-electron chi connectivity index (χ1n) is 25.7. The molecule has 0 unspecified atom stereocenters. The molecule has 364 valence electrons. The maximum atomic E-state index is 12.8. The first-order chi connectivity index (χ1) is 32.0. The topological polar surface area (TPSA) is 78.9 Å². The average Bonchev–Trinajstić information content (AvgIpc) is 3.30. The fraction of sp³-hybridized carbons (Fsp3) is 0.576. The van der Waals surface area contributed by atoms with E-state index in [4.69, 9.17) is 14.2 Å². The Labute approximate surface area is 398 Å². The van der Waals surface area contributed by atoms with E-state index in [0.717, 1.165) is 109 Å².